The van der Waals surface area contributed by atoms with Crippen LogP contribution in [0.25, 0.3) is 0 Å². The first-order chi connectivity index (χ1) is 10.00. The van der Waals surface area contributed by atoms with Crippen molar-refractivity contribution in [3.8, 4) is 0 Å². The summed E-state index contributed by atoms with van der Waals surface area (Å²) in [5.74, 6) is -2.19. The second-order valence-electron chi connectivity index (χ2n) is 4.82. The molecule has 2 heterocycles. The zero-order chi connectivity index (χ0) is 15.0. The minimum Gasteiger partial charge on any atom is -0.261 e. The zero-order valence-corrected chi connectivity index (χ0v) is 11.7. The van der Waals surface area contributed by atoms with Gasteiger partial charge in [-0.25, -0.2) is 17.2 Å². The van der Waals surface area contributed by atoms with E-state index in [4.69, 9.17) is 0 Å². The third-order valence-corrected chi connectivity index (χ3v) is 5.35. The number of halogens is 2. The fraction of sp³-hybridized carbons (Fsp3) is 0.214. The maximum atomic E-state index is 13.6. The van der Waals surface area contributed by atoms with Crippen molar-refractivity contribution in [3.05, 3.63) is 59.9 Å². The molecular weight excluding hydrogens is 298 g/mol. The molecule has 1 aliphatic heterocycles. The molecule has 0 saturated carbocycles. The topological polar surface area (TPSA) is 50.3 Å². The van der Waals surface area contributed by atoms with E-state index in [1.807, 2.05) is 6.07 Å². The second kappa shape index (κ2) is 5.16. The van der Waals surface area contributed by atoms with Crippen LogP contribution in [0.2, 0.25) is 0 Å². The fourth-order valence-corrected chi connectivity index (χ4v) is 3.94. The smallest absolute Gasteiger partial charge is 0.248 e. The Morgan fingerprint density at radius 2 is 1.71 bits per heavy atom. The van der Waals surface area contributed by atoms with Crippen molar-refractivity contribution in [1.29, 1.82) is 0 Å². The van der Waals surface area contributed by atoms with E-state index in [0.717, 1.165) is 28.2 Å². The predicted octanol–water partition coefficient (Wildman–Crippen LogP) is 2.15. The Kier molecular flexibility index (Phi) is 3.46. The van der Waals surface area contributed by atoms with Crippen LogP contribution >= 0.6 is 0 Å². The third kappa shape index (κ3) is 2.43. The lowest BCUT2D eigenvalue weighted by molar-refractivity contribution is 0.258. The molecule has 2 aromatic rings. The largest absolute Gasteiger partial charge is 0.261 e. The van der Waals surface area contributed by atoms with Crippen molar-refractivity contribution in [1.82, 2.24) is 9.29 Å². The first kappa shape index (κ1) is 14.1. The summed E-state index contributed by atoms with van der Waals surface area (Å²) < 4.78 is 52.8. The van der Waals surface area contributed by atoms with Gasteiger partial charge >= 0.3 is 0 Å². The molecule has 21 heavy (non-hydrogen) atoms. The third-order valence-electron chi connectivity index (χ3n) is 3.47. The van der Waals surface area contributed by atoms with Gasteiger partial charge in [0.2, 0.25) is 10.0 Å². The number of nitrogens with zero attached hydrogens (tertiary/aromatic N) is 2. The first-order valence-electron chi connectivity index (χ1n) is 6.35. The molecule has 7 heteroatoms. The van der Waals surface area contributed by atoms with Crippen molar-refractivity contribution in [2.45, 2.75) is 10.8 Å². The van der Waals surface area contributed by atoms with Crippen LogP contribution < -0.4 is 0 Å². The fourth-order valence-electron chi connectivity index (χ4n) is 2.30. The highest BCUT2D eigenvalue weighted by Gasteiger charge is 2.40. The van der Waals surface area contributed by atoms with Gasteiger partial charge < -0.3 is 0 Å². The second-order valence-corrected chi connectivity index (χ2v) is 6.70. The van der Waals surface area contributed by atoms with Gasteiger partial charge in [-0.3, -0.25) is 4.98 Å². The molecule has 0 bridgehead atoms. The van der Waals surface area contributed by atoms with Crippen LogP contribution in [0.5, 0.6) is 0 Å². The van der Waals surface area contributed by atoms with Crippen molar-refractivity contribution >= 4 is 10.0 Å². The standard InChI is InChI=1S/C14H12F2N2O2S/c15-11-4-3-5-12(16)14(11)21(19,20)18-8-10(9-18)13-6-1-2-7-17-13/h1-7,10H,8-9H2. The Bertz CT molecular complexity index is 740. The number of pyridine rings is 1. The van der Waals surface area contributed by atoms with E-state index in [2.05, 4.69) is 4.98 Å². The van der Waals surface area contributed by atoms with Crippen LogP contribution in [0.15, 0.2) is 47.5 Å². The quantitative estimate of drug-likeness (QED) is 0.873. The highest BCUT2D eigenvalue weighted by Crippen LogP contribution is 2.32. The molecule has 1 aromatic heterocycles. The highest BCUT2D eigenvalue weighted by atomic mass is 32.2. The number of hydrogen-bond donors (Lipinski definition) is 0. The van der Waals surface area contributed by atoms with E-state index in [1.54, 1.807) is 18.3 Å². The Hall–Kier alpha value is -1.86. The van der Waals surface area contributed by atoms with E-state index in [1.165, 1.54) is 0 Å². The minimum atomic E-state index is -4.15. The van der Waals surface area contributed by atoms with Gasteiger partial charge in [-0.15, -0.1) is 0 Å². The van der Waals surface area contributed by atoms with Crippen molar-refractivity contribution in [2.24, 2.45) is 0 Å². The van der Waals surface area contributed by atoms with Crippen LogP contribution in [0.1, 0.15) is 11.6 Å². The number of aromatic nitrogens is 1. The maximum Gasteiger partial charge on any atom is 0.248 e. The predicted molar refractivity (Wildman–Crippen MR) is 72.1 cm³/mol. The summed E-state index contributed by atoms with van der Waals surface area (Å²) in [6, 6.07) is 8.40. The van der Waals surface area contributed by atoms with E-state index >= 15 is 0 Å². The number of hydrogen-bond acceptors (Lipinski definition) is 3. The molecule has 1 aromatic carbocycles. The molecule has 0 spiro atoms. The number of rotatable bonds is 3. The number of sulfonamides is 1. The van der Waals surface area contributed by atoms with E-state index in [9.17, 15) is 17.2 Å². The first-order valence-corrected chi connectivity index (χ1v) is 7.79. The van der Waals surface area contributed by atoms with Crippen molar-refractivity contribution < 1.29 is 17.2 Å². The maximum absolute atomic E-state index is 13.6. The Morgan fingerprint density at radius 1 is 1.05 bits per heavy atom. The van der Waals surface area contributed by atoms with Gasteiger partial charge in [-0.05, 0) is 24.3 Å². The molecule has 0 radical (unpaired) electrons. The summed E-state index contributed by atoms with van der Waals surface area (Å²) in [4.78, 5) is 3.27. The van der Waals surface area contributed by atoms with Gasteiger partial charge in [-0.1, -0.05) is 12.1 Å². The molecule has 0 atom stereocenters. The van der Waals surface area contributed by atoms with E-state index < -0.39 is 26.6 Å². The molecule has 3 rings (SSSR count). The average molecular weight is 310 g/mol. The highest BCUT2D eigenvalue weighted by molar-refractivity contribution is 7.89. The van der Waals surface area contributed by atoms with Gasteiger partial charge in [-0.2, -0.15) is 4.31 Å². The van der Waals surface area contributed by atoms with Gasteiger partial charge in [0.05, 0.1) is 0 Å². The molecule has 0 amide bonds. The summed E-state index contributed by atoms with van der Waals surface area (Å²) >= 11 is 0. The molecule has 0 unspecified atom stereocenters. The van der Waals surface area contributed by atoms with Gasteiger partial charge in [0.15, 0.2) is 4.90 Å². The van der Waals surface area contributed by atoms with E-state index in [-0.39, 0.29) is 19.0 Å². The Balaban J connectivity index is 1.83. The monoisotopic (exact) mass is 310 g/mol. The molecular formula is C14H12F2N2O2S. The Labute approximate surface area is 121 Å². The van der Waals surface area contributed by atoms with Gasteiger partial charge in [0, 0.05) is 30.9 Å². The lowest BCUT2D eigenvalue weighted by atomic mass is 9.99. The summed E-state index contributed by atoms with van der Waals surface area (Å²) in [6.07, 6.45) is 1.63. The average Bonchev–Trinajstić information content (AvgIpc) is 2.37. The van der Waals surface area contributed by atoms with Gasteiger partial charge in [0.25, 0.3) is 0 Å². The molecule has 110 valence electrons. The Morgan fingerprint density at radius 3 is 2.29 bits per heavy atom. The van der Waals surface area contributed by atoms with Crippen LogP contribution in [0.4, 0.5) is 8.78 Å². The SMILES string of the molecule is O=S(=O)(c1c(F)cccc1F)N1CC(c2ccccn2)C1. The molecule has 1 saturated heterocycles. The summed E-state index contributed by atoms with van der Waals surface area (Å²) in [7, 11) is -4.15. The normalized spacial score (nSPS) is 16.7. The van der Waals surface area contributed by atoms with Crippen LogP contribution in [-0.4, -0.2) is 30.8 Å². The molecule has 1 fully saturated rings. The summed E-state index contributed by atoms with van der Waals surface area (Å²) in [5, 5.41) is 0. The van der Waals surface area contributed by atoms with Crippen LogP contribution in [-0.2, 0) is 10.0 Å². The number of benzene rings is 1. The molecule has 1 aliphatic rings. The lowest BCUT2D eigenvalue weighted by Crippen LogP contribution is -2.48. The minimum absolute atomic E-state index is 0.0455. The van der Waals surface area contributed by atoms with E-state index in [0.29, 0.717) is 0 Å². The summed E-state index contributed by atoms with van der Waals surface area (Å²) in [5.41, 5.74) is 0.776. The van der Waals surface area contributed by atoms with Crippen LogP contribution in [0.3, 0.4) is 0 Å². The molecule has 0 aliphatic carbocycles. The van der Waals surface area contributed by atoms with Crippen molar-refractivity contribution in [2.75, 3.05) is 13.1 Å². The molecule has 0 N–H and O–H groups in total. The summed E-state index contributed by atoms with van der Waals surface area (Å²) in [6.45, 7) is 0.347. The molecule has 4 nitrogen and oxygen atoms in total. The zero-order valence-electron chi connectivity index (χ0n) is 10.9. The van der Waals surface area contributed by atoms with Crippen LogP contribution in [0, 0.1) is 11.6 Å². The van der Waals surface area contributed by atoms with Gasteiger partial charge in [0.1, 0.15) is 11.6 Å². The van der Waals surface area contributed by atoms with Crippen molar-refractivity contribution in [3.63, 3.8) is 0 Å². The lowest BCUT2D eigenvalue weighted by Gasteiger charge is -2.37.